The van der Waals surface area contributed by atoms with Crippen LogP contribution in [-0.4, -0.2) is 31.2 Å². The molecule has 0 bridgehead atoms. The normalized spacial score (nSPS) is 10.4. The smallest absolute Gasteiger partial charge is 0.344 e. The summed E-state index contributed by atoms with van der Waals surface area (Å²) >= 11 is 2.00. The van der Waals surface area contributed by atoms with E-state index in [1.807, 2.05) is 22.6 Å². The van der Waals surface area contributed by atoms with Crippen LogP contribution in [-0.2, 0) is 9.53 Å². The fourth-order valence-corrected chi connectivity index (χ4v) is 2.24. The van der Waals surface area contributed by atoms with Crippen LogP contribution in [0.15, 0.2) is 18.3 Å². The van der Waals surface area contributed by atoms with Crippen molar-refractivity contribution in [3.63, 3.8) is 0 Å². The first-order valence-corrected chi connectivity index (χ1v) is 7.03. The highest BCUT2D eigenvalue weighted by Gasteiger charge is 2.13. The molecule has 8 heteroatoms. The first kappa shape index (κ1) is 17.2. The standard InChI is InChI=1S/C13H14INO6/c1-3-20-12(16)8-21-13-10(14)6-9(4-5-15(17)18)7-11(13)19-2/h4-7H,3,8H2,1-2H3/b5-4+. The highest BCUT2D eigenvalue weighted by atomic mass is 127. The number of methoxy groups -OCH3 is 1. The number of nitro groups is 1. The van der Waals surface area contributed by atoms with Crippen molar-refractivity contribution in [2.24, 2.45) is 0 Å². The Balaban J connectivity index is 2.94. The van der Waals surface area contributed by atoms with E-state index in [4.69, 9.17) is 14.2 Å². The molecule has 0 aliphatic carbocycles. The summed E-state index contributed by atoms with van der Waals surface area (Å²) in [6, 6.07) is 3.27. The Kier molecular flexibility index (Phi) is 6.92. The van der Waals surface area contributed by atoms with E-state index in [2.05, 4.69) is 0 Å². The minimum absolute atomic E-state index is 0.232. The summed E-state index contributed by atoms with van der Waals surface area (Å²) in [5.41, 5.74) is 0.594. The molecule has 0 aliphatic heterocycles. The summed E-state index contributed by atoms with van der Waals surface area (Å²) in [4.78, 5) is 21.1. The van der Waals surface area contributed by atoms with E-state index in [1.165, 1.54) is 13.2 Å². The molecule has 21 heavy (non-hydrogen) atoms. The Morgan fingerprint density at radius 3 is 2.76 bits per heavy atom. The van der Waals surface area contributed by atoms with Crippen molar-refractivity contribution in [1.29, 1.82) is 0 Å². The average Bonchev–Trinajstić information content (AvgIpc) is 2.43. The molecule has 0 spiro atoms. The largest absolute Gasteiger partial charge is 0.493 e. The molecule has 1 rings (SSSR count). The van der Waals surface area contributed by atoms with Crippen LogP contribution in [0.1, 0.15) is 12.5 Å². The van der Waals surface area contributed by atoms with Gasteiger partial charge < -0.3 is 14.2 Å². The maximum Gasteiger partial charge on any atom is 0.344 e. The Morgan fingerprint density at radius 1 is 1.48 bits per heavy atom. The fraction of sp³-hybridized carbons (Fsp3) is 0.308. The van der Waals surface area contributed by atoms with Gasteiger partial charge in [-0.15, -0.1) is 0 Å². The zero-order valence-electron chi connectivity index (χ0n) is 11.5. The minimum atomic E-state index is -0.551. The van der Waals surface area contributed by atoms with Crippen molar-refractivity contribution in [3.05, 3.63) is 37.6 Å². The number of hydrogen-bond donors (Lipinski definition) is 0. The molecule has 0 saturated carbocycles. The van der Waals surface area contributed by atoms with Gasteiger partial charge in [0, 0.05) is 6.08 Å². The van der Waals surface area contributed by atoms with E-state index in [1.54, 1.807) is 19.1 Å². The van der Waals surface area contributed by atoms with Gasteiger partial charge in [-0.2, -0.15) is 0 Å². The van der Waals surface area contributed by atoms with E-state index >= 15 is 0 Å². The van der Waals surface area contributed by atoms with Gasteiger partial charge in [0.25, 0.3) is 0 Å². The first-order valence-electron chi connectivity index (χ1n) is 5.95. The van der Waals surface area contributed by atoms with Crippen LogP contribution in [0.4, 0.5) is 0 Å². The summed E-state index contributed by atoms with van der Waals surface area (Å²) in [6.45, 7) is 1.75. The molecule has 0 unspecified atom stereocenters. The number of halogens is 1. The van der Waals surface area contributed by atoms with Gasteiger partial charge in [-0.3, -0.25) is 10.1 Å². The third-order valence-corrected chi connectivity index (χ3v) is 3.08. The molecular weight excluding hydrogens is 393 g/mol. The Hall–Kier alpha value is -1.84. The minimum Gasteiger partial charge on any atom is -0.493 e. The molecular formula is C13H14INO6. The molecule has 0 atom stereocenters. The lowest BCUT2D eigenvalue weighted by Crippen LogP contribution is -2.15. The SMILES string of the molecule is CCOC(=O)COc1c(I)cc(/C=C/[N+](=O)[O-])cc1OC. The number of ether oxygens (including phenoxy) is 3. The van der Waals surface area contributed by atoms with Crippen LogP contribution >= 0.6 is 22.6 Å². The molecule has 1 aromatic carbocycles. The maximum atomic E-state index is 11.3. The van der Waals surface area contributed by atoms with Gasteiger partial charge in [0.15, 0.2) is 18.1 Å². The second-order valence-corrected chi connectivity index (χ2v) is 4.89. The molecule has 0 saturated heterocycles. The molecule has 1 aromatic rings. The second-order valence-electron chi connectivity index (χ2n) is 3.73. The van der Waals surface area contributed by atoms with Gasteiger partial charge in [0.1, 0.15) is 0 Å². The number of hydrogen-bond acceptors (Lipinski definition) is 6. The number of carbonyl (C=O) groups excluding carboxylic acids is 1. The number of rotatable bonds is 7. The van der Waals surface area contributed by atoms with E-state index in [0.717, 1.165) is 6.20 Å². The van der Waals surface area contributed by atoms with Crippen molar-refractivity contribution in [3.8, 4) is 11.5 Å². The molecule has 114 valence electrons. The van der Waals surface area contributed by atoms with Crippen LogP contribution in [0.25, 0.3) is 6.08 Å². The summed E-state index contributed by atoms with van der Waals surface area (Å²) in [6.07, 6.45) is 2.18. The zero-order chi connectivity index (χ0) is 15.8. The second kappa shape index (κ2) is 8.45. The molecule has 0 aliphatic rings. The molecule has 7 nitrogen and oxygen atoms in total. The van der Waals surface area contributed by atoms with Crippen LogP contribution in [0.5, 0.6) is 11.5 Å². The first-order chi connectivity index (χ1) is 9.97. The summed E-state index contributed by atoms with van der Waals surface area (Å²) in [5.74, 6) is 0.297. The Morgan fingerprint density at radius 2 is 2.19 bits per heavy atom. The monoisotopic (exact) mass is 407 g/mol. The van der Waals surface area contributed by atoms with Crippen molar-refractivity contribution in [2.45, 2.75) is 6.92 Å². The Labute approximate surface area is 135 Å². The van der Waals surface area contributed by atoms with Crippen LogP contribution in [0.3, 0.4) is 0 Å². The quantitative estimate of drug-likeness (QED) is 0.299. The molecule has 0 N–H and O–H groups in total. The van der Waals surface area contributed by atoms with Gasteiger partial charge in [0.05, 0.1) is 22.2 Å². The van der Waals surface area contributed by atoms with E-state index in [-0.39, 0.29) is 13.2 Å². The molecule has 0 radical (unpaired) electrons. The third kappa shape index (κ3) is 5.58. The lowest BCUT2D eigenvalue weighted by molar-refractivity contribution is -0.400. The van der Waals surface area contributed by atoms with Gasteiger partial charge >= 0.3 is 5.97 Å². The number of benzene rings is 1. The van der Waals surface area contributed by atoms with E-state index in [0.29, 0.717) is 20.6 Å². The third-order valence-electron chi connectivity index (χ3n) is 2.28. The molecule has 0 fully saturated rings. The van der Waals surface area contributed by atoms with Crippen molar-refractivity contribution < 1.29 is 23.9 Å². The van der Waals surface area contributed by atoms with Gasteiger partial charge in [-0.25, -0.2) is 4.79 Å². The highest BCUT2D eigenvalue weighted by Crippen LogP contribution is 2.34. The van der Waals surface area contributed by atoms with Crippen LogP contribution in [0.2, 0.25) is 0 Å². The highest BCUT2D eigenvalue weighted by molar-refractivity contribution is 14.1. The number of esters is 1. The maximum absolute atomic E-state index is 11.3. The van der Waals surface area contributed by atoms with Crippen molar-refractivity contribution in [2.75, 3.05) is 20.3 Å². The molecule has 0 heterocycles. The summed E-state index contributed by atoms with van der Waals surface area (Å²) in [5, 5.41) is 10.3. The predicted molar refractivity (Wildman–Crippen MR) is 83.9 cm³/mol. The lowest BCUT2D eigenvalue weighted by Gasteiger charge is -2.12. The molecule has 0 amide bonds. The number of nitrogens with zero attached hydrogens (tertiary/aromatic N) is 1. The van der Waals surface area contributed by atoms with Crippen LogP contribution < -0.4 is 9.47 Å². The topological polar surface area (TPSA) is 87.9 Å². The predicted octanol–water partition coefficient (Wildman–Crippen LogP) is 2.49. The summed E-state index contributed by atoms with van der Waals surface area (Å²) in [7, 11) is 1.45. The Bertz CT molecular complexity index is 558. The van der Waals surface area contributed by atoms with Crippen molar-refractivity contribution in [1.82, 2.24) is 0 Å². The van der Waals surface area contributed by atoms with Crippen molar-refractivity contribution >= 4 is 34.6 Å². The average molecular weight is 407 g/mol. The van der Waals surface area contributed by atoms with E-state index < -0.39 is 10.9 Å². The van der Waals surface area contributed by atoms with Crippen LogP contribution in [0, 0.1) is 13.7 Å². The fourth-order valence-electron chi connectivity index (χ4n) is 1.46. The van der Waals surface area contributed by atoms with E-state index in [9.17, 15) is 14.9 Å². The van der Waals surface area contributed by atoms with Gasteiger partial charge in [0.2, 0.25) is 6.20 Å². The lowest BCUT2D eigenvalue weighted by atomic mass is 10.2. The van der Waals surface area contributed by atoms with Gasteiger partial charge in [-0.05, 0) is 47.2 Å². The summed E-state index contributed by atoms with van der Waals surface area (Å²) < 4.78 is 16.0. The number of carbonyl (C=O) groups is 1. The van der Waals surface area contributed by atoms with Gasteiger partial charge in [-0.1, -0.05) is 0 Å². The molecule has 0 aromatic heterocycles. The zero-order valence-corrected chi connectivity index (χ0v) is 13.7.